The van der Waals surface area contributed by atoms with Crippen LogP contribution in [0.3, 0.4) is 0 Å². The fraction of sp³-hybridized carbons (Fsp3) is 0.917. The summed E-state index contributed by atoms with van der Waals surface area (Å²) >= 11 is 0. The number of carbonyl (C=O) groups excluding carboxylic acids is 1. The molecule has 4 atom stereocenters. The Hall–Kier alpha value is -0.570. The van der Waals surface area contributed by atoms with Crippen LogP contribution in [0.4, 0.5) is 0 Å². The van der Waals surface area contributed by atoms with Gasteiger partial charge in [0.15, 0.2) is 5.60 Å². The van der Waals surface area contributed by atoms with E-state index in [1.165, 1.54) is 32.8 Å². The van der Waals surface area contributed by atoms with Crippen LogP contribution in [0, 0.1) is 11.8 Å². The van der Waals surface area contributed by atoms with Gasteiger partial charge < -0.3 is 9.47 Å². The molecule has 1 aliphatic heterocycles. The highest BCUT2D eigenvalue weighted by Gasteiger charge is 2.81. The van der Waals surface area contributed by atoms with Crippen molar-refractivity contribution in [1.82, 2.24) is 0 Å². The highest BCUT2D eigenvalue weighted by Crippen LogP contribution is 2.69. The van der Waals surface area contributed by atoms with Crippen molar-refractivity contribution in [3.8, 4) is 0 Å². The van der Waals surface area contributed by atoms with Gasteiger partial charge >= 0.3 is 5.97 Å². The molecule has 2 aliphatic carbocycles. The molecule has 0 N–H and O–H groups in total. The van der Waals surface area contributed by atoms with Gasteiger partial charge in [-0.05, 0) is 38.0 Å². The fourth-order valence-corrected chi connectivity index (χ4v) is 3.86. The van der Waals surface area contributed by atoms with Crippen LogP contribution >= 0.6 is 0 Å². The Labute approximate surface area is 90.1 Å². The molecule has 3 nitrogen and oxygen atoms in total. The minimum absolute atomic E-state index is 0.134. The van der Waals surface area contributed by atoms with E-state index in [4.69, 9.17) is 9.47 Å². The van der Waals surface area contributed by atoms with Crippen LogP contribution in [0.15, 0.2) is 0 Å². The van der Waals surface area contributed by atoms with Crippen molar-refractivity contribution in [2.75, 3.05) is 7.11 Å². The third-order valence-corrected chi connectivity index (χ3v) is 4.80. The number of ether oxygens (including phenoxy) is 2. The van der Waals surface area contributed by atoms with Gasteiger partial charge in [-0.1, -0.05) is 12.8 Å². The summed E-state index contributed by atoms with van der Waals surface area (Å²) in [4.78, 5) is 11.6. The zero-order valence-electron chi connectivity index (χ0n) is 9.41. The molecule has 0 radical (unpaired) electrons. The molecule has 0 bridgehead atoms. The van der Waals surface area contributed by atoms with Crippen molar-refractivity contribution >= 4 is 5.97 Å². The number of hydrogen-bond donors (Lipinski definition) is 0. The molecule has 1 spiro atoms. The number of epoxide rings is 1. The van der Waals surface area contributed by atoms with Crippen molar-refractivity contribution in [3.63, 3.8) is 0 Å². The molecular weight excluding hydrogens is 192 g/mol. The van der Waals surface area contributed by atoms with Crippen LogP contribution < -0.4 is 0 Å². The third kappa shape index (κ3) is 0.975. The lowest BCUT2D eigenvalue weighted by Gasteiger charge is -2.47. The summed E-state index contributed by atoms with van der Waals surface area (Å²) in [5.74, 6) is 1.24. The number of hydrogen-bond acceptors (Lipinski definition) is 3. The maximum absolute atomic E-state index is 11.6. The molecule has 84 valence electrons. The van der Waals surface area contributed by atoms with E-state index >= 15 is 0 Å². The Morgan fingerprint density at radius 1 is 1.40 bits per heavy atom. The second kappa shape index (κ2) is 2.76. The number of methoxy groups -OCH3 is 1. The van der Waals surface area contributed by atoms with Crippen molar-refractivity contribution in [2.24, 2.45) is 11.8 Å². The average Bonchev–Trinajstić information content (AvgIpc) is 2.87. The normalized spacial score (nSPS) is 51.9. The molecule has 3 heteroatoms. The van der Waals surface area contributed by atoms with Gasteiger partial charge in [0, 0.05) is 0 Å². The average molecular weight is 210 g/mol. The minimum atomic E-state index is -0.625. The smallest absolute Gasteiger partial charge is 0.340 e. The predicted octanol–water partition coefficient (Wildman–Crippen LogP) is 1.90. The lowest BCUT2D eigenvalue weighted by Crippen LogP contribution is -2.52. The Morgan fingerprint density at radius 2 is 2.13 bits per heavy atom. The molecule has 3 fully saturated rings. The van der Waals surface area contributed by atoms with Gasteiger partial charge in [0.2, 0.25) is 0 Å². The summed E-state index contributed by atoms with van der Waals surface area (Å²) < 4.78 is 10.6. The quantitative estimate of drug-likeness (QED) is 0.490. The molecule has 15 heavy (non-hydrogen) atoms. The molecule has 0 aromatic heterocycles. The molecular formula is C12H18O3. The van der Waals surface area contributed by atoms with Crippen molar-refractivity contribution in [2.45, 2.75) is 50.2 Å². The number of fused-ring (bicyclic) bond motifs is 2. The lowest BCUT2D eigenvalue weighted by molar-refractivity contribution is -0.146. The minimum Gasteiger partial charge on any atom is -0.467 e. The van der Waals surface area contributed by atoms with Gasteiger partial charge in [0.05, 0.1) is 7.11 Å². The van der Waals surface area contributed by atoms with E-state index in [9.17, 15) is 4.79 Å². The van der Waals surface area contributed by atoms with Gasteiger partial charge in [-0.15, -0.1) is 0 Å². The molecule has 0 aromatic rings. The van der Waals surface area contributed by atoms with Crippen LogP contribution in [0.2, 0.25) is 0 Å². The largest absolute Gasteiger partial charge is 0.467 e. The Bertz CT molecular complexity index is 314. The highest BCUT2D eigenvalue weighted by molar-refractivity contribution is 5.85. The first-order valence-corrected chi connectivity index (χ1v) is 5.93. The van der Waals surface area contributed by atoms with Gasteiger partial charge in [0.1, 0.15) is 5.60 Å². The summed E-state index contributed by atoms with van der Waals surface area (Å²) in [6.07, 6.45) is 6.28. The predicted molar refractivity (Wildman–Crippen MR) is 54.3 cm³/mol. The first kappa shape index (κ1) is 9.64. The summed E-state index contributed by atoms with van der Waals surface area (Å²) in [6, 6.07) is 0. The molecule has 2 saturated carbocycles. The monoisotopic (exact) mass is 210 g/mol. The van der Waals surface area contributed by atoms with Crippen LogP contribution in [-0.2, 0) is 14.3 Å². The van der Waals surface area contributed by atoms with Gasteiger partial charge in [-0.2, -0.15) is 0 Å². The molecule has 3 aliphatic rings. The standard InChI is InChI=1S/C12H18O3/c1-11(10(13)14-2)12(15-11)7-8-5-3-4-6-9(8)12/h8-9H,3-7H2,1-2H3/t8-,9-,11?,12?/m0/s1. The zero-order chi connectivity index (χ0) is 10.7. The van der Waals surface area contributed by atoms with Crippen molar-refractivity contribution < 1.29 is 14.3 Å². The zero-order valence-corrected chi connectivity index (χ0v) is 9.41. The molecule has 1 saturated heterocycles. The Kier molecular flexibility index (Phi) is 1.77. The van der Waals surface area contributed by atoms with Gasteiger partial charge in [0.25, 0.3) is 0 Å². The van der Waals surface area contributed by atoms with Crippen LogP contribution in [0.25, 0.3) is 0 Å². The Balaban J connectivity index is 1.77. The van der Waals surface area contributed by atoms with E-state index in [1.54, 1.807) is 0 Å². The van der Waals surface area contributed by atoms with E-state index < -0.39 is 5.60 Å². The summed E-state index contributed by atoms with van der Waals surface area (Å²) in [7, 11) is 1.44. The second-order valence-electron chi connectivity index (χ2n) is 5.37. The van der Waals surface area contributed by atoms with E-state index in [1.807, 2.05) is 6.92 Å². The highest BCUT2D eigenvalue weighted by atomic mass is 16.7. The maximum Gasteiger partial charge on any atom is 0.340 e. The molecule has 2 unspecified atom stereocenters. The van der Waals surface area contributed by atoms with E-state index in [2.05, 4.69) is 0 Å². The third-order valence-electron chi connectivity index (χ3n) is 4.80. The molecule has 3 rings (SSSR count). The number of esters is 1. The number of rotatable bonds is 1. The summed E-state index contributed by atoms with van der Waals surface area (Å²) in [5, 5.41) is 0. The molecule has 1 heterocycles. The van der Waals surface area contributed by atoms with Crippen molar-refractivity contribution in [1.29, 1.82) is 0 Å². The van der Waals surface area contributed by atoms with Crippen LogP contribution in [0.1, 0.15) is 39.0 Å². The van der Waals surface area contributed by atoms with E-state index in [0.29, 0.717) is 5.92 Å². The topological polar surface area (TPSA) is 38.8 Å². The molecule has 0 aromatic carbocycles. The lowest BCUT2D eigenvalue weighted by atomic mass is 9.55. The van der Waals surface area contributed by atoms with Crippen LogP contribution in [-0.4, -0.2) is 24.3 Å². The summed E-state index contributed by atoms with van der Waals surface area (Å²) in [5.41, 5.74) is -0.758. The fourth-order valence-electron chi connectivity index (χ4n) is 3.86. The van der Waals surface area contributed by atoms with Crippen molar-refractivity contribution in [3.05, 3.63) is 0 Å². The summed E-state index contributed by atoms with van der Waals surface area (Å²) in [6.45, 7) is 1.89. The first-order valence-electron chi connectivity index (χ1n) is 5.93. The second-order valence-corrected chi connectivity index (χ2v) is 5.37. The number of carbonyl (C=O) groups is 1. The maximum atomic E-state index is 11.6. The SMILES string of the molecule is COC(=O)C1(C)OC12C[C@@H]1CCCC[C@@H]12. The van der Waals surface area contributed by atoms with E-state index in [0.717, 1.165) is 12.3 Å². The van der Waals surface area contributed by atoms with Gasteiger partial charge in [-0.25, -0.2) is 4.79 Å². The molecule has 0 amide bonds. The van der Waals surface area contributed by atoms with E-state index in [-0.39, 0.29) is 11.6 Å². The first-order chi connectivity index (χ1) is 7.14. The van der Waals surface area contributed by atoms with Crippen LogP contribution in [0.5, 0.6) is 0 Å². The van der Waals surface area contributed by atoms with Gasteiger partial charge in [-0.3, -0.25) is 0 Å². The Morgan fingerprint density at radius 3 is 2.80 bits per heavy atom.